The van der Waals surface area contributed by atoms with Gasteiger partial charge in [0.2, 0.25) is 0 Å². The van der Waals surface area contributed by atoms with Crippen LogP contribution in [0.1, 0.15) is 26.7 Å². The number of fused-ring (bicyclic) bond motifs is 1. The second-order valence-corrected chi connectivity index (χ2v) is 5.97. The molecule has 0 aliphatic carbocycles. The van der Waals surface area contributed by atoms with E-state index in [1.54, 1.807) is 0 Å². The molecule has 0 saturated carbocycles. The Hall–Kier alpha value is -0.860. The molecule has 0 bridgehead atoms. The van der Waals surface area contributed by atoms with Crippen LogP contribution in [0.3, 0.4) is 0 Å². The summed E-state index contributed by atoms with van der Waals surface area (Å²) in [5.74, 6) is 1.74. The molecule has 0 spiro atoms. The van der Waals surface area contributed by atoms with E-state index in [4.69, 9.17) is 16.3 Å². The van der Waals surface area contributed by atoms with Crippen molar-refractivity contribution in [3.05, 3.63) is 41.4 Å². The topological polar surface area (TPSA) is 9.23 Å². The Morgan fingerprint density at radius 1 is 1.05 bits per heavy atom. The number of ether oxygens (including phenoxy) is 1. The van der Waals surface area contributed by atoms with Crippen LogP contribution in [0.2, 0.25) is 5.02 Å². The van der Waals surface area contributed by atoms with E-state index in [1.807, 2.05) is 30.3 Å². The third kappa shape index (κ3) is 3.07. The molecular formula is C17H21ClOS. The molecular weight excluding hydrogens is 288 g/mol. The van der Waals surface area contributed by atoms with Gasteiger partial charge in [-0.05, 0) is 30.7 Å². The fraction of sp³-hybridized carbons (Fsp3) is 0.412. The van der Waals surface area contributed by atoms with Crippen LogP contribution in [0.15, 0.2) is 36.4 Å². The van der Waals surface area contributed by atoms with E-state index in [0.29, 0.717) is 6.61 Å². The third-order valence-corrected chi connectivity index (χ3v) is 5.20. The molecule has 0 aliphatic rings. The lowest BCUT2D eigenvalue weighted by Gasteiger charge is -2.29. The Labute approximate surface area is 131 Å². The highest BCUT2D eigenvalue weighted by Crippen LogP contribution is 2.34. The molecule has 0 fully saturated rings. The molecule has 0 N–H and O–H groups in total. The maximum Gasteiger partial charge on any atom is 0.127 e. The van der Waals surface area contributed by atoms with Gasteiger partial charge in [0.25, 0.3) is 0 Å². The van der Waals surface area contributed by atoms with Crippen molar-refractivity contribution >= 4 is 35.0 Å². The van der Waals surface area contributed by atoms with Crippen LogP contribution in [-0.2, 0) is 0 Å². The molecule has 0 heterocycles. The first-order valence-corrected chi connectivity index (χ1v) is 8.07. The van der Waals surface area contributed by atoms with Crippen molar-refractivity contribution in [1.82, 2.24) is 0 Å². The van der Waals surface area contributed by atoms with Gasteiger partial charge in [-0.15, -0.1) is 0 Å². The summed E-state index contributed by atoms with van der Waals surface area (Å²) in [6.45, 7) is 5.08. The van der Waals surface area contributed by atoms with Crippen LogP contribution in [0.4, 0.5) is 0 Å². The minimum absolute atomic E-state index is 0.143. The number of halogens is 1. The van der Waals surface area contributed by atoms with E-state index in [9.17, 15) is 0 Å². The van der Waals surface area contributed by atoms with Gasteiger partial charge in [-0.25, -0.2) is 0 Å². The first kappa shape index (κ1) is 15.5. The van der Waals surface area contributed by atoms with Crippen molar-refractivity contribution in [1.29, 1.82) is 0 Å². The van der Waals surface area contributed by atoms with Gasteiger partial charge in [-0.1, -0.05) is 49.7 Å². The van der Waals surface area contributed by atoms with Crippen LogP contribution in [0.25, 0.3) is 10.8 Å². The zero-order valence-electron chi connectivity index (χ0n) is 12.0. The van der Waals surface area contributed by atoms with E-state index in [1.165, 1.54) is 0 Å². The Morgan fingerprint density at radius 2 is 1.70 bits per heavy atom. The standard InChI is InChI=1S/C17H21ClOS/c1-3-17(4-2,12-20)11-19-16-10-9-15(18)13-7-5-6-8-14(13)16/h5-10,20H,3-4,11-12H2,1-2H3. The molecule has 0 atom stereocenters. The summed E-state index contributed by atoms with van der Waals surface area (Å²) in [4.78, 5) is 0. The Kier molecular flexibility index (Phi) is 5.22. The second kappa shape index (κ2) is 6.73. The lowest BCUT2D eigenvalue weighted by atomic mass is 9.85. The van der Waals surface area contributed by atoms with Gasteiger partial charge in [0.05, 0.1) is 6.61 Å². The average Bonchev–Trinajstić information content (AvgIpc) is 2.51. The van der Waals surface area contributed by atoms with Crippen molar-refractivity contribution in [3.63, 3.8) is 0 Å². The highest BCUT2D eigenvalue weighted by Gasteiger charge is 2.25. The second-order valence-electron chi connectivity index (χ2n) is 5.25. The average molecular weight is 309 g/mol. The van der Waals surface area contributed by atoms with E-state index < -0.39 is 0 Å². The molecule has 0 aromatic heterocycles. The molecule has 0 unspecified atom stereocenters. The number of thiol groups is 1. The molecule has 0 radical (unpaired) electrons. The van der Waals surface area contributed by atoms with E-state index in [2.05, 4.69) is 32.5 Å². The van der Waals surface area contributed by atoms with Gasteiger partial charge in [0.1, 0.15) is 5.75 Å². The van der Waals surface area contributed by atoms with Gasteiger partial charge in [-0.2, -0.15) is 12.6 Å². The Bertz CT molecular complexity index is 570. The predicted octanol–water partition coefficient (Wildman–Crippen LogP) is 5.61. The van der Waals surface area contributed by atoms with Crippen molar-refractivity contribution < 1.29 is 4.74 Å². The third-order valence-electron chi connectivity index (χ3n) is 4.20. The molecule has 2 rings (SSSR count). The maximum absolute atomic E-state index is 6.23. The summed E-state index contributed by atoms with van der Waals surface area (Å²) in [6.07, 6.45) is 2.14. The van der Waals surface area contributed by atoms with Crippen LogP contribution in [-0.4, -0.2) is 12.4 Å². The molecule has 0 saturated heterocycles. The minimum atomic E-state index is 0.143. The van der Waals surface area contributed by atoms with Gasteiger partial charge >= 0.3 is 0 Å². The number of hydrogen-bond acceptors (Lipinski definition) is 2. The molecule has 2 aromatic rings. The summed E-state index contributed by atoms with van der Waals surface area (Å²) in [7, 11) is 0. The summed E-state index contributed by atoms with van der Waals surface area (Å²) >= 11 is 10.7. The Morgan fingerprint density at radius 3 is 2.30 bits per heavy atom. The van der Waals surface area contributed by atoms with Crippen LogP contribution < -0.4 is 4.74 Å². The Balaban J connectivity index is 2.29. The first-order valence-electron chi connectivity index (χ1n) is 7.06. The smallest absolute Gasteiger partial charge is 0.127 e. The fourth-order valence-corrected chi connectivity index (χ4v) is 3.08. The van der Waals surface area contributed by atoms with E-state index in [0.717, 1.165) is 40.1 Å². The highest BCUT2D eigenvalue weighted by atomic mass is 35.5. The molecule has 3 heteroatoms. The molecule has 1 nitrogen and oxygen atoms in total. The normalized spacial score (nSPS) is 11.8. The zero-order valence-corrected chi connectivity index (χ0v) is 13.7. The summed E-state index contributed by atoms with van der Waals surface area (Å²) in [5, 5.41) is 2.87. The van der Waals surface area contributed by atoms with Crippen molar-refractivity contribution in [2.24, 2.45) is 5.41 Å². The van der Waals surface area contributed by atoms with Crippen molar-refractivity contribution in [2.75, 3.05) is 12.4 Å². The molecule has 0 amide bonds. The molecule has 20 heavy (non-hydrogen) atoms. The quantitative estimate of drug-likeness (QED) is 0.683. The fourth-order valence-electron chi connectivity index (χ4n) is 2.31. The van der Waals surface area contributed by atoms with Crippen LogP contribution >= 0.6 is 24.2 Å². The summed E-state index contributed by atoms with van der Waals surface area (Å²) in [5.41, 5.74) is 0.143. The summed E-state index contributed by atoms with van der Waals surface area (Å²) < 4.78 is 6.10. The number of benzene rings is 2. The van der Waals surface area contributed by atoms with Crippen LogP contribution in [0.5, 0.6) is 5.75 Å². The first-order chi connectivity index (χ1) is 9.65. The largest absolute Gasteiger partial charge is 0.492 e. The SMILES string of the molecule is CCC(CC)(CS)COc1ccc(Cl)c2ccccc12. The lowest BCUT2D eigenvalue weighted by Crippen LogP contribution is -2.29. The van der Waals surface area contributed by atoms with Gasteiger partial charge in [0.15, 0.2) is 0 Å². The van der Waals surface area contributed by atoms with Gasteiger partial charge < -0.3 is 4.74 Å². The van der Waals surface area contributed by atoms with Gasteiger partial charge in [-0.3, -0.25) is 0 Å². The van der Waals surface area contributed by atoms with Gasteiger partial charge in [0, 0.05) is 21.2 Å². The minimum Gasteiger partial charge on any atom is -0.492 e. The highest BCUT2D eigenvalue weighted by molar-refractivity contribution is 7.80. The summed E-state index contributed by atoms with van der Waals surface area (Å²) in [6, 6.07) is 11.9. The number of hydrogen-bond donors (Lipinski definition) is 1. The van der Waals surface area contributed by atoms with Crippen molar-refractivity contribution in [2.45, 2.75) is 26.7 Å². The van der Waals surface area contributed by atoms with Crippen LogP contribution in [0, 0.1) is 5.41 Å². The van der Waals surface area contributed by atoms with E-state index >= 15 is 0 Å². The molecule has 108 valence electrons. The molecule has 2 aromatic carbocycles. The lowest BCUT2D eigenvalue weighted by molar-refractivity contribution is 0.158. The number of rotatable bonds is 6. The van der Waals surface area contributed by atoms with E-state index in [-0.39, 0.29) is 5.41 Å². The zero-order chi connectivity index (χ0) is 14.6. The predicted molar refractivity (Wildman–Crippen MR) is 91.3 cm³/mol. The van der Waals surface area contributed by atoms with Crippen molar-refractivity contribution in [3.8, 4) is 5.75 Å². The maximum atomic E-state index is 6.23. The monoisotopic (exact) mass is 308 g/mol. The molecule has 0 aliphatic heterocycles.